The van der Waals surface area contributed by atoms with Crippen LogP contribution in [0.15, 0.2) is 211 Å². The fourth-order valence-electron chi connectivity index (χ4n) is 10.0. The van der Waals surface area contributed by atoms with Gasteiger partial charge in [-0.2, -0.15) is 19.9 Å². The van der Waals surface area contributed by atoms with Crippen molar-refractivity contribution >= 4 is 105 Å². The Morgan fingerprint density at radius 1 is 0.379 bits per heavy atom. The Labute approximate surface area is 378 Å². The van der Waals surface area contributed by atoms with Crippen LogP contribution in [0.1, 0.15) is 12.7 Å². The minimum Gasteiger partial charge on any atom is -0.294 e. The number of nitrogens with zero attached hydrogens (tertiary/aromatic N) is 9. The number of benzene rings is 8. The number of aromatic nitrogens is 7. The molecular weight excluding hydrogens is 811 g/mol. The van der Waals surface area contributed by atoms with E-state index in [9.17, 15) is 0 Å². The summed E-state index contributed by atoms with van der Waals surface area (Å²) in [5.74, 6) is 2.65. The maximum atomic E-state index is 5.45. The monoisotopic (exact) mass is 849 g/mol. The molecular formula is C57H39N9. The molecule has 5 aromatic heterocycles. The fraction of sp³-hybridized carbons (Fsp3) is 0.0351. The van der Waals surface area contributed by atoms with Crippen LogP contribution in [0, 0.1) is 0 Å². The quantitative estimate of drug-likeness (QED) is 0.123. The third-order valence-corrected chi connectivity index (χ3v) is 12.8. The van der Waals surface area contributed by atoms with Crippen LogP contribution < -0.4 is 0 Å². The maximum Gasteiger partial charge on any atom is 0.239 e. The van der Waals surface area contributed by atoms with E-state index in [1.165, 1.54) is 0 Å². The number of para-hydroxylation sites is 8. The second-order valence-corrected chi connectivity index (χ2v) is 16.7. The molecule has 8 aromatic carbocycles. The third-order valence-electron chi connectivity index (χ3n) is 12.8. The molecule has 9 nitrogen and oxygen atoms in total. The maximum absolute atomic E-state index is 5.45. The van der Waals surface area contributed by atoms with Crippen LogP contribution in [0.2, 0.25) is 0 Å². The number of fused-ring (bicyclic) bond motifs is 12. The summed E-state index contributed by atoms with van der Waals surface area (Å²) in [6.45, 7) is 6.66. The van der Waals surface area contributed by atoms with E-state index in [1.54, 1.807) is 0 Å². The summed E-state index contributed by atoms with van der Waals surface area (Å²) >= 11 is 0. The van der Waals surface area contributed by atoms with E-state index in [0.29, 0.717) is 35.9 Å². The molecule has 0 aliphatic rings. The van der Waals surface area contributed by atoms with Crippen LogP contribution in [-0.2, 0) is 6.42 Å². The van der Waals surface area contributed by atoms with Crippen molar-refractivity contribution in [2.24, 2.45) is 9.98 Å². The lowest BCUT2D eigenvalue weighted by molar-refractivity contribution is 0.842. The summed E-state index contributed by atoms with van der Waals surface area (Å²) in [4.78, 5) is 26.8. The highest BCUT2D eigenvalue weighted by molar-refractivity contribution is 6.17. The second kappa shape index (κ2) is 14.8. The van der Waals surface area contributed by atoms with Gasteiger partial charge in [0.05, 0.1) is 44.1 Å². The van der Waals surface area contributed by atoms with Crippen molar-refractivity contribution in [3.8, 4) is 11.9 Å². The Bertz CT molecular complexity index is 3850. The molecule has 66 heavy (non-hydrogen) atoms. The SMILES string of the molecule is C=C(/N=C(\N=C(/C)Cc1nc(-n2c3ccccc3c3ccccc32)nc(-n2c3ccccc3c3ccccc32)n1)n1c2ccccc2c2ccccc21)n1c2ccccc2c2ccccc21. The van der Waals surface area contributed by atoms with Gasteiger partial charge < -0.3 is 0 Å². The molecule has 5 heterocycles. The third kappa shape index (κ3) is 5.76. The van der Waals surface area contributed by atoms with Crippen molar-refractivity contribution < 1.29 is 0 Å². The highest BCUT2D eigenvalue weighted by atomic mass is 15.3. The standard InChI is InChI=1S/C57H39N9/c1-36(58-55(64-48-29-13-5-21-40(48)41-22-6-14-30-49(41)64)59-37(2)63-46-27-11-3-19-38(46)39-20-4-12-28-47(39)63)35-54-60-56(65-50-31-15-7-23-42(50)43-24-8-16-32-51(43)65)62-57(61-54)66-52-33-17-9-25-44(52)45-26-10-18-34-53(45)66/h3-34H,2,35H2,1H3/b58-36+,59-55+. The van der Waals surface area contributed by atoms with Crippen molar-refractivity contribution in [3.05, 3.63) is 207 Å². The first-order valence-corrected chi connectivity index (χ1v) is 22.1. The Morgan fingerprint density at radius 2 is 0.667 bits per heavy atom. The van der Waals surface area contributed by atoms with Crippen molar-refractivity contribution in [1.82, 2.24) is 33.2 Å². The van der Waals surface area contributed by atoms with Crippen molar-refractivity contribution in [3.63, 3.8) is 0 Å². The zero-order valence-corrected chi connectivity index (χ0v) is 35.9. The molecule has 0 amide bonds. The van der Waals surface area contributed by atoms with Gasteiger partial charge in [-0.25, -0.2) is 4.99 Å². The molecule has 0 spiro atoms. The summed E-state index contributed by atoms with van der Waals surface area (Å²) in [6, 6.07) is 67.3. The normalized spacial score (nSPS) is 12.6. The average molecular weight is 850 g/mol. The molecule has 9 heteroatoms. The topological polar surface area (TPSA) is 83.1 Å². The number of hydrogen-bond acceptors (Lipinski definition) is 4. The lowest BCUT2D eigenvalue weighted by Gasteiger charge is -2.13. The van der Waals surface area contributed by atoms with E-state index in [1.807, 2.05) is 6.92 Å². The van der Waals surface area contributed by atoms with Crippen LogP contribution in [-0.4, -0.2) is 44.9 Å². The van der Waals surface area contributed by atoms with E-state index < -0.39 is 0 Å². The Hall–Kier alpha value is -8.95. The molecule has 0 atom stereocenters. The minimum absolute atomic E-state index is 0.314. The van der Waals surface area contributed by atoms with E-state index in [2.05, 4.69) is 219 Å². The first kappa shape index (κ1) is 37.6. The number of rotatable bonds is 6. The van der Waals surface area contributed by atoms with Crippen LogP contribution in [0.5, 0.6) is 0 Å². The van der Waals surface area contributed by atoms with E-state index >= 15 is 0 Å². The van der Waals surface area contributed by atoms with Crippen LogP contribution in [0.25, 0.3) is 105 Å². The highest BCUT2D eigenvalue weighted by Gasteiger charge is 2.22. The van der Waals surface area contributed by atoms with Gasteiger partial charge in [0.1, 0.15) is 11.6 Å². The van der Waals surface area contributed by atoms with Gasteiger partial charge in [-0.1, -0.05) is 152 Å². The summed E-state index contributed by atoms with van der Waals surface area (Å²) in [5.41, 5.74) is 8.84. The van der Waals surface area contributed by atoms with Gasteiger partial charge in [0.25, 0.3) is 0 Å². The number of aliphatic imine (C=N–C) groups is 2. The smallest absolute Gasteiger partial charge is 0.239 e. The van der Waals surface area contributed by atoms with Gasteiger partial charge in [-0.05, 0) is 55.5 Å². The molecule has 13 aromatic rings. The Morgan fingerprint density at radius 3 is 1.02 bits per heavy atom. The van der Waals surface area contributed by atoms with Crippen LogP contribution >= 0.6 is 0 Å². The lowest BCUT2D eigenvalue weighted by atomic mass is 10.2. The Kier molecular flexibility index (Phi) is 8.44. The summed E-state index contributed by atoms with van der Waals surface area (Å²) in [5, 5.41) is 9.00. The van der Waals surface area contributed by atoms with Gasteiger partial charge >= 0.3 is 0 Å². The molecule has 0 bridgehead atoms. The van der Waals surface area contributed by atoms with Crippen molar-refractivity contribution in [2.75, 3.05) is 0 Å². The summed E-state index contributed by atoms with van der Waals surface area (Å²) in [6.07, 6.45) is 0.314. The predicted octanol–water partition coefficient (Wildman–Crippen LogP) is 13.3. The van der Waals surface area contributed by atoms with Crippen LogP contribution in [0.4, 0.5) is 0 Å². The summed E-state index contributed by atoms with van der Waals surface area (Å²) < 4.78 is 8.58. The van der Waals surface area contributed by atoms with E-state index in [4.69, 9.17) is 24.9 Å². The van der Waals surface area contributed by atoms with E-state index in [-0.39, 0.29) is 0 Å². The zero-order valence-electron chi connectivity index (χ0n) is 35.9. The molecule has 0 saturated carbocycles. The van der Waals surface area contributed by atoms with Gasteiger partial charge in [0, 0.05) is 55.2 Å². The van der Waals surface area contributed by atoms with Gasteiger partial charge in [0.2, 0.25) is 17.9 Å². The molecule has 13 rings (SSSR count). The first-order valence-electron chi connectivity index (χ1n) is 22.1. The van der Waals surface area contributed by atoms with Crippen molar-refractivity contribution in [1.29, 1.82) is 0 Å². The molecule has 0 aliphatic heterocycles. The molecule has 0 radical (unpaired) electrons. The molecule has 0 N–H and O–H groups in total. The Balaban J connectivity index is 1.03. The lowest BCUT2D eigenvalue weighted by Crippen LogP contribution is -2.16. The van der Waals surface area contributed by atoms with Crippen LogP contribution in [0.3, 0.4) is 0 Å². The molecule has 0 saturated heterocycles. The summed E-state index contributed by atoms with van der Waals surface area (Å²) in [7, 11) is 0. The predicted molar refractivity (Wildman–Crippen MR) is 272 cm³/mol. The van der Waals surface area contributed by atoms with Gasteiger partial charge in [0.15, 0.2) is 0 Å². The molecule has 0 unspecified atom stereocenters. The van der Waals surface area contributed by atoms with Crippen molar-refractivity contribution in [2.45, 2.75) is 13.3 Å². The fourth-order valence-corrected chi connectivity index (χ4v) is 10.0. The second-order valence-electron chi connectivity index (χ2n) is 16.7. The largest absolute Gasteiger partial charge is 0.294 e. The van der Waals surface area contributed by atoms with Gasteiger partial charge in [-0.15, -0.1) is 0 Å². The molecule has 0 aliphatic carbocycles. The van der Waals surface area contributed by atoms with Gasteiger partial charge in [-0.3, -0.25) is 18.3 Å². The highest BCUT2D eigenvalue weighted by Crippen LogP contribution is 2.36. The zero-order chi connectivity index (χ0) is 43.9. The molecule has 0 fully saturated rings. The number of hydrogen-bond donors (Lipinski definition) is 0. The molecule has 312 valence electrons. The minimum atomic E-state index is 0.314. The van der Waals surface area contributed by atoms with E-state index in [0.717, 1.165) is 92.9 Å². The average Bonchev–Trinajstić information content (AvgIpc) is 4.09. The first-order chi connectivity index (χ1) is 32.6.